The van der Waals surface area contributed by atoms with E-state index in [0.717, 1.165) is 0 Å². The van der Waals surface area contributed by atoms with E-state index < -0.39 is 0 Å². The molecule has 0 fully saturated rings. The van der Waals surface area contributed by atoms with Crippen LogP contribution in [0.3, 0.4) is 0 Å². The Kier molecular flexibility index (Phi) is 2.44. The van der Waals surface area contributed by atoms with Crippen molar-refractivity contribution in [2.24, 2.45) is 0 Å². The highest BCUT2D eigenvalue weighted by molar-refractivity contribution is 6.30. The second-order valence-corrected chi connectivity index (χ2v) is 2.45. The summed E-state index contributed by atoms with van der Waals surface area (Å²) in [5, 5.41) is 0.616. The van der Waals surface area contributed by atoms with Crippen molar-refractivity contribution in [3.8, 4) is 0 Å². The molecule has 0 heterocycles. The van der Waals surface area contributed by atoms with E-state index >= 15 is 0 Å². The van der Waals surface area contributed by atoms with Crippen molar-refractivity contribution in [2.75, 3.05) is 0 Å². The van der Waals surface area contributed by atoms with Gasteiger partial charge in [0.05, 0.1) is 0 Å². The van der Waals surface area contributed by atoms with Crippen molar-refractivity contribution in [3.63, 3.8) is 0 Å². The minimum atomic E-state index is -0.207. The maximum Gasteiger partial charge on any atom is 0.193 e. The number of benzene rings is 1. The van der Waals surface area contributed by atoms with Gasteiger partial charge in [0.1, 0.15) is 0 Å². The van der Waals surface area contributed by atoms with Gasteiger partial charge in [-0.25, -0.2) is 0 Å². The Morgan fingerprint density at radius 2 is 1.91 bits per heavy atom. The average Bonchev–Trinajstić information content (AvgIpc) is 2.05. The molecule has 0 bridgehead atoms. The summed E-state index contributed by atoms with van der Waals surface area (Å²) in [6.07, 6.45) is 2.27. The van der Waals surface area contributed by atoms with Crippen LogP contribution in [0, 0.1) is 6.08 Å². The lowest BCUT2D eigenvalue weighted by atomic mass is 10.1. The monoisotopic (exact) mass is 165 g/mol. The largest absolute Gasteiger partial charge is 0.289 e. The van der Waals surface area contributed by atoms with E-state index in [1.807, 2.05) is 0 Å². The SMILES string of the molecule is C=[C]C(=O)c1ccc(Cl)cc1. The lowest BCUT2D eigenvalue weighted by Crippen LogP contribution is -1.92. The lowest BCUT2D eigenvalue weighted by molar-refractivity contribution is 0.104. The molecule has 0 aliphatic rings. The van der Waals surface area contributed by atoms with E-state index in [9.17, 15) is 4.79 Å². The first kappa shape index (κ1) is 8.02. The molecule has 0 N–H and O–H groups in total. The Hall–Kier alpha value is -1.08. The molecule has 0 aliphatic carbocycles. The first-order valence-electron chi connectivity index (χ1n) is 3.07. The van der Waals surface area contributed by atoms with Crippen molar-refractivity contribution >= 4 is 17.4 Å². The number of rotatable bonds is 2. The number of allylic oxidation sites excluding steroid dienone is 1. The molecule has 55 valence electrons. The maximum atomic E-state index is 10.9. The third-order valence-corrected chi connectivity index (χ3v) is 1.52. The fourth-order valence-corrected chi connectivity index (χ4v) is 0.829. The number of halogens is 1. The van der Waals surface area contributed by atoms with Gasteiger partial charge in [0.15, 0.2) is 5.78 Å². The van der Waals surface area contributed by atoms with Crippen molar-refractivity contribution in [1.29, 1.82) is 0 Å². The molecule has 0 aliphatic heterocycles. The number of Topliss-reactive ketones (excluding diaryl/α,β-unsaturated/α-hetero) is 1. The molecule has 0 saturated heterocycles. The molecule has 0 amide bonds. The summed E-state index contributed by atoms with van der Waals surface area (Å²) < 4.78 is 0. The number of hydrogen-bond acceptors (Lipinski definition) is 1. The van der Waals surface area contributed by atoms with Crippen LogP contribution in [-0.4, -0.2) is 5.78 Å². The van der Waals surface area contributed by atoms with Gasteiger partial charge in [0.2, 0.25) is 0 Å². The second-order valence-electron chi connectivity index (χ2n) is 2.01. The summed E-state index contributed by atoms with van der Waals surface area (Å²) in [7, 11) is 0. The Labute approximate surface area is 70.3 Å². The quantitative estimate of drug-likeness (QED) is 0.486. The van der Waals surface area contributed by atoms with Crippen molar-refractivity contribution in [1.82, 2.24) is 0 Å². The van der Waals surface area contributed by atoms with Crippen LogP contribution >= 0.6 is 11.6 Å². The number of hydrogen-bond donors (Lipinski definition) is 0. The van der Waals surface area contributed by atoms with E-state index in [2.05, 4.69) is 12.7 Å². The van der Waals surface area contributed by atoms with E-state index in [0.29, 0.717) is 10.6 Å². The first-order chi connectivity index (χ1) is 5.24. The van der Waals surface area contributed by atoms with Crippen LogP contribution in [0.4, 0.5) is 0 Å². The van der Waals surface area contributed by atoms with Crippen LogP contribution in [0.1, 0.15) is 10.4 Å². The zero-order valence-electron chi connectivity index (χ0n) is 5.80. The lowest BCUT2D eigenvalue weighted by Gasteiger charge is -1.93. The third-order valence-electron chi connectivity index (χ3n) is 1.27. The number of carbonyl (C=O) groups excluding carboxylic acids is 1. The van der Waals surface area contributed by atoms with E-state index in [4.69, 9.17) is 11.6 Å². The highest BCUT2D eigenvalue weighted by Crippen LogP contribution is 2.09. The predicted octanol–water partition coefficient (Wildman–Crippen LogP) is 2.51. The van der Waals surface area contributed by atoms with Gasteiger partial charge in [-0.15, -0.1) is 0 Å². The van der Waals surface area contributed by atoms with E-state index in [-0.39, 0.29) is 5.78 Å². The number of carbonyl (C=O) groups is 1. The summed E-state index contributed by atoms with van der Waals surface area (Å²) in [5.41, 5.74) is 0.560. The predicted molar refractivity (Wildman–Crippen MR) is 44.7 cm³/mol. The van der Waals surface area contributed by atoms with Gasteiger partial charge in [0, 0.05) is 16.7 Å². The molecule has 0 spiro atoms. The summed E-state index contributed by atoms with van der Waals surface area (Å²) in [6.45, 7) is 3.25. The zero-order valence-corrected chi connectivity index (χ0v) is 6.56. The fourth-order valence-electron chi connectivity index (χ4n) is 0.703. The minimum absolute atomic E-state index is 0.207. The van der Waals surface area contributed by atoms with Crippen LogP contribution in [0.2, 0.25) is 5.02 Å². The van der Waals surface area contributed by atoms with Crippen LogP contribution < -0.4 is 0 Å². The van der Waals surface area contributed by atoms with Crippen LogP contribution in [-0.2, 0) is 0 Å². The summed E-state index contributed by atoms with van der Waals surface area (Å²) >= 11 is 5.61. The second kappa shape index (κ2) is 3.35. The molecule has 2 heteroatoms. The van der Waals surface area contributed by atoms with Crippen LogP contribution in [0.25, 0.3) is 0 Å². The van der Waals surface area contributed by atoms with Gasteiger partial charge in [-0.05, 0) is 24.3 Å². The van der Waals surface area contributed by atoms with Crippen LogP contribution in [0.15, 0.2) is 30.8 Å². The topological polar surface area (TPSA) is 17.1 Å². The van der Waals surface area contributed by atoms with Gasteiger partial charge in [-0.3, -0.25) is 4.79 Å². The molecule has 1 aromatic rings. The number of ketones is 1. The molecular weight excluding hydrogens is 160 g/mol. The zero-order chi connectivity index (χ0) is 8.27. The van der Waals surface area contributed by atoms with Crippen molar-refractivity contribution in [2.45, 2.75) is 0 Å². The molecule has 0 unspecified atom stereocenters. The Morgan fingerprint density at radius 3 is 2.36 bits per heavy atom. The van der Waals surface area contributed by atoms with Gasteiger partial charge in [-0.2, -0.15) is 0 Å². The molecule has 1 aromatic carbocycles. The van der Waals surface area contributed by atoms with Crippen LogP contribution in [0.5, 0.6) is 0 Å². The Morgan fingerprint density at radius 1 is 1.36 bits per heavy atom. The summed E-state index contributed by atoms with van der Waals surface area (Å²) in [5.74, 6) is -0.207. The van der Waals surface area contributed by atoms with Crippen molar-refractivity contribution in [3.05, 3.63) is 47.5 Å². The average molecular weight is 166 g/mol. The molecule has 0 aromatic heterocycles. The normalized spacial score (nSPS) is 9.18. The molecule has 1 rings (SSSR count). The van der Waals surface area contributed by atoms with Gasteiger partial charge >= 0.3 is 0 Å². The van der Waals surface area contributed by atoms with Crippen molar-refractivity contribution < 1.29 is 4.79 Å². The summed E-state index contributed by atoms with van der Waals surface area (Å²) in [6, 6.07) is 6.60. The van der Waals surface area contributed by atoms with E-state index in [1.54, 1.807) is 24.3 Å². The standard InChI is InChI=1S/C9H6ClO/c1-2-9(11)7-3-5-8(10)6-4-7/h3-6H,1H2. The summed E-state index contributed by atoms with van der Waals surface area (Å²) in [4.78, 5) is 10.9. The minimum Gasteiger partial charge on any atom is -0.289 e. The van der Waals surface area contributed by atoms with Gasteiger partial charge in [0.25, 0.3) is 0 Å². The highest BCUT2D eigenvalue weighted by Gasteiger charge is 1.98. The first-order valence-corrected chi connectivity index (χ1v) is 3.45. The molecule has 11 heavy (non-hydrogen) atoms. The highest BCUT2D eigenvalue weighted by atomic mass is 35.5. The van der Waals surface area contributed by atoms with Gasteiger partial charge in [-0.1, -0.05) is 18.2 Å². The van der Waals surface area contributed by atoms with Gasteiger partial charge < -0.3 is 0 Å². The molecule has 1 radical (unpaired) electrons. The fraction of sp³-hybridized carbons (Fsp3) is 0. The maximum absolute atomic E-state index is 10.9. The molecule has 1 nitrogen and oxygen atoms in total. The van der Waals surface area contributed by atoms with E-state index in [1.165, 1.54) is 0 Å². The molecule has 0 saturated carbocycles. The smallest absolute Gasteiger partial charge is 0.193 e. The molecule has 0 atom stereocenters. The molecular formula is C9H6ClO. The Balaban J connectivity index is 2.98. The Bertz CT molecular complexity index is 274. The third kappa shape index (κ3) is 1.92.